The zero-order valence-electron chi connectivity index (χ0n) is 12.6. The summed E-state index contributed by atoms with van der Waals surface area (Å²) in [6.45, 7) is 4.13. The molecule has 2 aromatic heterocycles. The van der Waals surface area contributed by atoms with Crippen LogP contribution in [0.1, 0.15) is 22.8 Å². The first-order valence-corrected chi connectivity index (χ1v) is 8.70. The van der Waals surface area contributed by atoms with E-state index in [1.807, 2.05) is 25.1 Å². The molecule has 0 atom stereocenters. The first-order valence-electron chi connectivity index (χ1n) is 7.02. The fourth-order valence-electron chi connectivity index (χ4n) is 2.19. The van der Waals surface area contributed by atoms with Crippen molar-refractivity contribution >= 4 is 55.0 Å². The van der Waals surface area contributed by atoms with Crippen molar-refractivity contribution in [2.45, 2.75) is 13.8 Å². The first kappa shape index (κ1) is 15.9. The minimum Gasteiger partial charge on any atom is -0.462 e. The zero-order chi connectivity index (χ0) is 16.4. The van der Waals surface area contributed by atoms with Gasteiger partial charge in [0.05, 0.1) is 17.6 Å². The molecule has 0 saturated heterocycles. The Morgan fingerprint density at radius 3 is 2.96 bits per heavy atom. The molecule has 2 heterocycles. The maximum atomic E-state index is 12.1. The lowest BCUT2D eigenvalue weighted by Gasteiger charge is -2.09. The number of ether oxygens (including phenoxy) is 1. The van der Waals surface area contributed by atoms with Crippen LogP contribution >= 0.6 is 27.3 Å². The molecule has 3 rings (SSSR count). The second kappa shape index (κ2) is 6.64. The molecule has 0 aliphatic carbocycles. The number of aromatic nitrogens is 2. The molecular weight excluding hydrogens is 378 g/mol. The van der Waals surface area contributed by atoms with E-state index in [-0.39, 0.29) is 5.97 Å². The lowest BCUT2D eigenvalue weighted by atomic mass is 10.2. The van der Waals surface area contributed by atoms with Crippen LogP contribution in [0.2, 0.25) is 0 Å². The van der Waals surface area contributed by atoms with Crippen molar-refractivity contribution in [3.05, 3.63) is 45.5 Å². The lowest BCUT2D eigenvalue weighted by molar-refractivity contribution is 0.0529. The zero-order valence-corrected chi connectivity index (χ0v) is 15.0. The summed E-state index contributed by atoms with van der Waals surface area (Å²) in [6, 6.07) is 5.92. The van der Waals surface area contributed by atoms with E-state index in [2.05, 4.69) is 31.2 Å². The third kappa shape index (κ3) is 3.20. The van der Waals surface area contributed by atoms with Gasteiger partial charge in [0.1, 0.15) is 17.0 Å². The summed E-state index contributed by atoms with van der Waals surface area (Å²) < 4.78 is 6.15. The van der Waals surface area contributed by atoms with Crippen molar-refractivity contribution in [2.24, 2.45) is 0 Å². The highest BCUT2D eigenvalue weighted by Gasteiger charge is 2.18. The van der Waals surface area contributed by atoms with Crippen LogP contribution in [0.3, 0.4) is 0 Å². The van der Waals surface area contributed by atoms with Crippen LogP contribution in [0.4, 0.5) is 11.5 Å². The number of carbonyl (C=O) groups excluding carboxylic acids is 1. The van der Waals surface area contributed by atoms with E-state index in [9.17, 15) is 4.79 Å². The highest BCUT2D eigenvalue weighted by atomic mass is 79.9. The van der Waals surface area contributed by atoms with Crippen LogP contribution in [0.15, 0.2) is 34.4 Å². The summed E-state index contributed by atoms with van der Waals surface area (Å²) in [7, 11) is 0. The van der Waals surface area contributed by atoms with Gasteiger partial charge in [0.25, 0.3) is 0 Å². The third-order valence-electron chi connectivity index (χ3n) is 3.29. The van der Waals surface area contributed by atoms with Crippen molar-refractivity contribution in [3.8, 4) is 0 Å². The van der Waals surface area contributed by atoms with Crippen molar-refractivity contribution in [1.29, 1.82) is 0 Å². The summed E-state index contributed by atoms with van der Waals surface area (Å²) in [6.07, 6.45) is 1.49. The first-order chi connectivity index (χ1) is 11.1. The molecule has 0 aliphatic rings. The maximum Gasteiger partial charge on any atom is 0.339 e. The molecule has 0 fully saturated rings. The summed E-state index contributed by atoms with van der Waals surface area (Å²) in [5.74, 6) is 0.240. The van der Waals surface area contributed by atoms with Gasteiger partial charge in [0.15, 0.2) is 0 Å². The van der Waals surface area contributed by atoms with Crippen molar-refractivity contribution in [2.75, 3.05) is 11.9 Å². The number of hydrogen-bond donors (Lipinski definition) is 1. The van der Waals surface area contributed by atoms with E-state index in [4.69, 9.17) is 4.74 Å². The van der Waals surface area contributed by atoms with Crippen LogP contribution in [-0.2, 0) is 4.74 Å². The molecule has 23 heavy (non-hydrogen) atoms. The number of benzene rings is 1. The molecule has 0 amide bonds. The molecule has 0 spiro atoms. The average molecular weight is 392 g/mol. The number of anilines is 2. The molecule has 0 saturated carbocycles. The topological polar surface area (TPSA) is 64.1 Å². The number of thiophene rings is 1. The molecule has 3 aromatic rings. The second-order valence-electron chi connectivity index (χ2n) is 4.86. The van der Waals surface area contributed by atoms with Crippen LogP contribution in [0, 0.1) is 6.92 Å². The minimum absolute atomic E-state index is 0.332. The number of halogens is 1. The van der Waals surface area contributed by atoms with Crippen LogP contribution in [0.25, 0.3) is 10.2 Å². The molecule has 0 unspecified atom stereocenters. The van der Waals surface area contributed by atoms with E-state index in [1.165, 1.54) is 17.7 Å². The number of nitrogens with one attached hydrogen (secondary N) is 1. The molecule has 118 valence electrons. The van der Waals surface area contributed by atoms with Crippen molar-refractivity contribution in [3.63, 3.8) is 0 Å². The van der Waals surface area contributed by atoms with Crippen LogP contribution in [-0.4, -0.2) is 22.5 Å². The largest absolute Gasteiger partial charge is 0.462 e. The highest BCUT2D eigenvalue weighted by Crippen LogP contribution is 2.32. The smallest absolute Gasteiger partial charge is 0.339 e. The van der Waals surface area contributed by atoms with E-state index >= 15 is 0 Å². The summed E-state index contributed by atoms with van der Waals surface area (Å²) in [4.78, 5) is 21.4. The fourth-order valence-corrected chi connectivity index (χ4v) is 3.31. The van der Waals surface area contributed by atoms with Gasteiger partial charge in [-0.25, -0.2) is 14.8 Å². The predicted octanol–water partition coefficient (Wildman–Crippen LogP) is 4.68. The maximum absolute atomic E-state index is 12.1. The van der Waals surface area contributed by atoms with Gasteiger partial charge in [-0.15, -0.1) is 11.3 Å². The van der Waals surface area contributed by atoms with Gasteiger partial charge < -0.3 is 10.1 Å². The molecular formula is C16H14BrN3O2S. The number of carbonyl (C=O) groups is 1. The SMILES string of the molecule is CCOC(=O)c1csc2ncnc(Nc3ccc(Br)c(C)c3)c12. The Hall–Kier alpha value is -1.99. The number of nitrogens with zero attached hydrogens (tertiary/aromatic N) is 2. The molecule has 1 N–H and O–H groups in total. The minimum atomic E-state index is -0.358. The number of rotatable bonds is 4. The van der Waals surface area contributed by atoms with Gasteiger partial charge in [-0.05, 0) is 37.6 Å². The van der Waals surface area contributed by atoms with Gasteiger partial charge in [-0.3, -0.25) is 0 Å². The lowest BCUT2D eigenvalue weighted by Crippen LogP contribution is -2.05. The second-order valence-corrected chi connectivity index (χ2v) is 6.57. The highest BCUT2D eigenvalue weighted by molar-refractivity contribution is 9.10. The molecule has 5 nitrogen and oxygen atoms in total. The Kier molecular flexibility index (Phi) is 4.58. The summed E-state index contributed by atoms with van der Waals surface area (Å²) in [5.41, 5.74) is 2.49. The summed E-state index contributed by atoms with van der Waals surface area (Å²) >= 11 is 4.88. The molecule has 1 aromatic carbocycles. The Morgan fingerprint density at radius 2 is 2.22 bits per heavy atom. The number of fused-ring (bicyclic) bond motifs is 1. The van der Waals surface area contributed by atoms with Gasteiger partial charge in [-0.2, -0.15) is 0 Å². The average Bonchev–Trinajstić information content (AvgIpc) is 2.96. The van der Waals surface area contributed by atoms with Gasteiger partial charge >= 0.3 is 5.97 Å². The monoisotopic (exact) mass is 391 g/mol. The molecule has 0 radical (unpaired) electrons. The quantitative estimate of drug-likeness (QED) is 0.653. The molecule has 0 bridgehead atoms. The Morgan fingerprint density at radius 1 is 1.39 bits per heavy atom. The molecule has 7 heteroatoms. The number of hydrogen-bond acceptors (Lipinski definition) is 6. The Balaban J connectivity index is 2.04. The Labute approximate surface area is 145 Å². The van der Waals surface area contributed by atoms with Gasteiger partial charge in [0, 0.05) is 15.5 Å². The summed E-state index contributed by atoms with van der Waals surface area (Å²) in [5, 5.41) is 5.72. The normalized spacial score (nSPS) is 10.7. The van der Waals surface area contributed by atoms with E-state index in [1.54, 1.807) is 12.3 Å². The van der Waals surface area contributed by atoms with E-state index < -0.39 is 0 Å². The third-order valence-corrected chi connectivity index (χ3v) is 5.06. The van der Waals surface area contributed by atoms with E-state index in [0.29, 0.717) is 23.4 Å². The number of esters is 1. The van der Waals surface area contributed by atoms with Gasteiger partial charge in [0.2, 0.25) is 0 Å². The Bertz CT molecular complexity index is 879. The number of aryl methyl sites for hydroxylation is 1. The standard InChI is InChI=1S/C16H14BrN3O2S/c1-3-22-16(21)11-7-23-15-13(11)14(18-8-19-15)20-10-4-5-12(17)9(2)6-10/h4-8H,3H2,1-2H3,(H,18,19,20). The fraction of sp³-hybridized carbons (Fsp3) is 0.188. The predicted molar refractivity (Wildman–Crippen MR) is 95.5 cm³/mol. The molecule has 0 aliphatic heterocycles. The van der Waals surface area contributed by atoms with Crippen LogP contribution < -0.4 is 5.32 Å². The van der Waals surface area contributed by atoms with Crippen molar-refractivity contribution in [1.82, 2.24) is 9.97 Å². The van der Waals surface area contributed by atoms with Crippen molar-refractivity contribution < 1.29 is 9.53 Å². The van der Waals surface area contributed by atoms with Crippen LogP contribution in [0.5, 0.6) is 0 Å². The van der Waals surface area contributed by atoms with Gasteiger partial charge in [-0.1, -0.05) is 15.9 Å². The van der Waals surface area contributed by atoms with E-state index in [0.717, 1.165) is 20.6 Å².